The van der Waals surface area contributed by atoms with E-state index in [-0.39, 0.29) is 5.78 Å². The van der Waals surface area contributed by atoms with Gasteiger partial charge in [-0.05, 0) is 31.2 Å². The lowest BCUT2D eigenvalue weighted by molar-refractivity contribution is 0.103. The summed E-state index contributed by atoms with van der Waals surface area (Å²) in [6, 6.07) is 13.6. The molecular weight excluding hydrogens is 302 g/mol. The summed E-state index contributed by atoms with van der Waals surface area (Å²) < 4.78 is 0.821. The van der Waals surface area contributed by atoms with Gasteiger partial charge in [0.25, 0.3) is 0 Å². The summed E-state index contributed by atoms with van der Waals surface area (Å²) in [6.45, 7) is 2.03. The minimum Gasteiger partial charge on any atom is -0.360 e. The van der Waals surface area contributed by atoms with Crippen LogP contribution in [-0.2, 0) is 0 Å². The van der Waals surface area contributed by atoms with Gasteiger partial charge in [0.15, 0.2) is 5.78 Å². The first kappa shape index (κ1) is 12.2. The van der Waals surface area contributed by atoms with E-state index in [4.69, 9.17) is 0 Å². The van der Waals surface area contributed by atoms with Crippen LogP contribution in [0.3, 0.4) is 0 Å². The third-order valence-corrected chi connectivity index (χ3v) is 3.89. The number of carbonyl (C=O) groups is 1. The average Bonchev–Trinajstić information content (AvgIpc) is 2.81. The van der Waals surface area contributed by atoms with E-state index in [9.17, 15) is 4.79 Å². The van der Waals surface area contributed by atoms with Crippen molar-refractivity contribution in [3.05, 3.63) is 69.8 Å². The van der Waals surface area contributed by atoms with E-state index in [1.807, 2.05) is 49.4 Å². The predicted octanol–water partition coefficient (Wildman–Crippen LogP) is 4.47. The number of aromatic amines is 1. The molecule has 0 atom stereocenters. The van der Waals surface area contributed by atoms with Crippen molar-refractivity contribution in [1.29, 1.82) is 0 Å². The fourth-order valence-corrected chi connectivity index (χ4v) is 2.68. The maximum Gasteiger partial charge on any atom is 0.196 e. The Labute approximate surface area is 119 Å². The molecule has 94 valence electrons. The molecule has 19 heavy (non-hydrogen) atoms. The molecule has 0 aliphatic carbocycles. The van der Waals surface area contributed by atoms with Crippen LogP contribution in [0.1, 0.15) is 21.5 Å². The summed E-state index contributed by atoms with van der Waals surface area (Å²) in [6.07, 6.45) is 1.78. The maximum atomic E-state index is 12.6. The lowest BCUT2D eigenvalue weighted by atomic mass is 10.0. The number of nitrogens with one attached hydrogen (secondary N) is 1. The Morgan fingerprint density at radius 2 is 1.89 bits per heavy atom. The molecular formula is C16H12BrNO. The molecule has 0 unspecified atom stereocenters. The number of ketones is 1. The summed E-state index contributed by atoms with van der Waals surface area (Å²) in [7, 11) is 0. The zero-order chi connectivity index (χ0) is 13.4. The average molecular weight is 314 g/mol. The number of H-pyrrole nitrogens is 1. The molecule has 0 aliphatic rings. The minimum absolute atomic E-state index is 0.0318. The largest absolute Gasteiger partial charge is 0.360 e. The highest BCUT2D eigenvalue weighted by molar-refractivity contribution is 9.10. The fraction of sp³-hybridized carbons (Fsp3) is 0.0625. The number of halogens is 1. The van der Waals surface area contributed by atoms with E-state index >= 15 is 0 Å². The number of aryl methyl sites for hydroxylation is 1. The first-order chi connectivity index (χ1) is 9.16. The highest BCUT2D eigenvalue weighted by Crippen LogP contribution is 2.25. The van der Waals surface area contributed by atoms with E-state index in [0.717, 1.165) is 20.9 Å². The van der Waals surface area contributed by atoms with E-state index in [0.29, 0.717) is 11.1 Å². The van der Waals surface area contributed by atoms with Crippen molar-refractivity contribution < 1.29 is 4.79 Å². The standard InChI is InChI=1S/C16H12BrNO/c1-10-6-7-15-12(8-10)13(9-18-15)16(19)11-4-2-3-5-14(11)17/h2-9,18H,1H3. The molecule has 0 bridgehead atoms. The summed E-state index contributed by atoms with van der Waals surface area (Å²) in [5.41, 5.74) is 3.53. The number of carbonyl (C=O) groups excluding carboxylic acids is 1. The fourth-order valence-electron chi connectivity index (χ4n) is 2.21. The van der Waals surface area contributed by atoms with Gasteiger partial charge in [0.1, 0.15) is 0 Å². The van der Waals surface area contributed by atoms with Crippen molar-refractivity contribution >= 4 is 32.6 Å². The van der Waals surface area contributed by atoms with Gasteiger partial charge in [-0.25, -0.2) is 0 Å². The maximum absolute atomic E-state index is 12.6. The van der Waals surface area contributed by atoms with Gasteiger partial charge in [-0.2, -0.15) is 0 Å². The molecule has 2 aromatic carbocycles. The molecule has 0 radical (unpaired) electrons. The van der Waals surface area contributed by atoms with Crippen molar-refractivity contribution in [2.24, 2.45) is 0 Å². The topological polar surface area (TPSA) is 32.9 Å². The molecule has 1 heterocycles. The van der Waals surface area contributed by atoms with Crippen molar-refractivity contribution in [3.63, 3.8) is 0 Å². The van der Waals surface area contributed by atoms with Crippen LogP contribution in [0.5, 0.6) is 0 Å². The van der Waals surface area contributed by atoms with Crippen LogP contribution in [0.25, 0.3) is 10.9 Å². The molecule has 3 heteroatoms. The second-order valence-electron chi connectivity index (χ2n) is 4.56. The van der Waals surface area contributed by atoms with Gasteiger partial charge in [0, 0.05) is 32.7 Å². The van der Waals surface area contributed by atoms with Gasteiger partial charge in [-0.15, -0.1) is 0 Å². The number of hydrogen-bond donors (Lipinski definition) is 1. The van der Waals surface area contributed by atoms with Crippen molar-refractivity contribution in [1.82, 2.24) is 4.98 Å². The van der Waals surface area contributed by atoms with Gasteiger partial charge >= 0.3 is 0 Å². The van der Waals surface area contributed by atoms with Crippen LogP contribution >= 0.6 is 15.9 Å². The summed E-state index contributed by atoms with van der Waals surface area (Å²) in [5.74, 6) is 0.0318. The SMILES string of the molecule is Cc1ccc2[nH]cc(C(=O)c3ccccc3Br)c2c1. The van der Waals surface area contributed by atoms with Gasteiger partial charge in [0.2, 0.25) is 0 Å². The molecule has 1 N–H and O–H groups in total. The second kappa shape index (κ2) is 4.67. The first-order valence-electron chi connectivity index (χ1n) is 6.04. The van der Waals surface area contributed by atoms with Gasteiger partial charge in [-0.3, -0.25) is 4.79 Å². The first-order valence-corrected chi connectivity index (χ1v) is 6.83. The van der Waals surface area contributed by atoms with Crippen LogP contribution in [0.4, 0.5) is 0 Å². The number of benzene rings is 2. The molecule has 0 saturated carbocycles. The normalized spacial score (nSPS) is 10.8. The van der Waals surface area contributed by atoms with Crippen LogP contribution in [0.15, 0.2) is 53.1 Å². The number of fused-ring (bicyclic) bond motifs is 1. The molecule has 0 saturated heterocycles. The zero-order valence-corrected chi connectivity index (χ0v) is 12.0. The zero-order valence-electron chi connectivity index (χ0n) is 10.4. The van der Waals surface area contributed by atoms with E-state index < -0.39 is 0 Å². The molecule has 2 nitrogen and oxygen atoms in total. The Balaban J connectivity index is 2.17. The summed E-state index contributed by atoms with van der Waals surface area (Å²) in [4.78, 5) is 15.8. The van der Waals surface area contributed by atoms with E-state index in [1.165, 1.54) is 0 Å². The second-order valence-corrected chi connectivity index (χ2v) is 5.41. The molecule has 0 fully saturated rings. The molecule has 1 aromatic heterocycles. The molecule has 0 amide bonds. The monoisotopic (exact) mass is 313 g/mol. The van der Waals surface area contributed by atoms with Crippen LogP contribution < -0.4 is 0 Å². The molecule has 0 aliphatic heterocycles. The van der Waals surface area contributed by atoms with E-state index in [1.54, 1.807) is 6.20 Å². The van der Waals surface area contributed by atoms with Crippen LogP contribution in [-0.4, -0.2) is 10.8 Å². The smallest absolute Gasteiger partial charge is 0.196 e. The Morgan fingerprint density at radius 3 is 2.68 bits per heavy atom. The van der Waals surface area contributed by atoms with E-state index in [2.05, 4.69) is 20.9 Å². The summed E-state index contributed by atoms with van der Waals surface area (Å²) in [5, 5.41) is 0.973. The Hall–Kier alpha value is -1.87. The Morgan fingerprint density at radius 1 is 1.11 bits per heavy atom. The van der Waals surface area contributed by atoms with Crippen molar-refractivity contribution in [2.75, 3.05) is 0 Å². The Kier molecular flexibility index (Phi) is 2.99. The minimum atomic E-state index is 0.0318. The van der Waals surface area contributed by atoms with Crippen molar-refractivity contribution in [2.45, 2.75) is 6.92 Å². The third kappa shape index (κ3) is 2.10. The van der Waals surface area contributed by atoms with Gasteiger partial charge in [0.05, 0.1) is 0 Å². The Bertz CT molecular complexity index is 773. The molecule has 0 spiro atoms. The highest BCUT2D eigenvalue weighted by atomic mass is 79.9. The van der Waals surface area contributed by atoms with Crippen LogP contribution in [0, 0.1) is 6.92 Å². The number of aromatic nitrogens is 1. The molecule has 3 aromatic rings. The highest BCUT2D eigenvalue weighted by Gasteiger charge is 2.16. The quantitative estimate of drug-likeness (QED) is 0.696. The lowest BCUT2D eigenvalue weighted by Gasteiger charge is -2.02. The number of rotatable bonds is 2. The van der Waals surface area contributed by atoms with Gasteiger partial charge < -0.3 is 4.98 Å². The van der Waals surface area contributed by atoms with Gasteiger partial charge in [-0.1, -0.05) is 39.7 Å². The van der Waals surface area contributed by atoms with Crippen LogP contribution in [0.2, 0.25) is 0 Å². The molecule has 3 rings (SSSR count). The summed E-state index contributed by atoms with van der Waals surface area (Å²) >= 11 is 3.43. The third-order valence-electron chi connectivity index (χ3n) is 3.20. The predicted molar refractivity (Wildman–Crippen MR) is 80.6 cm³/mol. The van der Waals surface area contributed by atoms with Crippen molar-refractivity contribution in [3.8, 4) is 0 Å². The lowest BCUT2D eigenvalue weighted by Crippen LogP contribution is -2.01. The number of hydrogen-bond acceptors (Lipinski definition) is 1.